The van der Waals surface area contributed by atoms with Crippen LogP contribution in [0.2, 0.25) is 0 Å². The van der Waals surface area contributed by atoms with Crippen LogP contribution in [0.25, 0.3) is 11.4 Å². The summed E-state index contributed by atoms with van der Waals surface area (Å²) in [6.07, 6.45) is 4.55. The van der Waals surface area contributed by atoms with Gasteiger partial charge in [0.15, 0.2) is 0 Å². The predicted octanol–water partition coefficient (Wildman–Crippen LogP) is 2.73. The van der Waals surface area contributed by atoms with E-state index in [2.05, 4.69) is 14.9 Å². The summed E-state index contributed by atoms with van der Waals surface area (Å²) in [6, 6.07) is 10.9. The molecule has 0 saturated heterocycles. The lowest BCUT2D eigenvalue weighted by Gasteiger charge is -2.25. The quantitative estimate of drug-likeness (QED) is 0.767. The number of hydrogen-bond donors (Lipinski definition) is 2. The first-order valence-electron chi connectivity index (χ1n) is 8.22. The average Bonchev–Trinajstić information content (AvgIpc) is 3.06. The molecule has 1 aliphatic heterocycles. The van der Waals surface area contributed by atoms with Crippen molar-refractivity contribution >= 4 is 5.97 Å². The summed E-state index contributed by atoms with van der Waals surface area (Å²) in [5.74, 6) is -0.121. The maximum atomic E-state index is 11.0. The number of carboxylic acid groups (broad SMARTS) is 1. The Labute approximate surface area is 145 Å². The van der Waals surface area contributed by atoms with Crippen LogP contribution in [0.15, 0.2) is 48.8 Å². The van der Waals surface area contributed by atoms with Gasteiger partial charge in [-0.15, -0.1) is 0 Å². The van der Waals surface area contributed by atoms with Gasteiger partial charge in [-0.25, -0.2) is 9.78 Å². The predicted molar refractivity (Wildman–Crippen MR) is 93.0 cm³/mol. The van der Waals surface area contributed by atoms with Crippen molar-refractivity contribution in [3.8, 4) is 11.4 Å². The Morgan fingerprint density at radius 2 is 1.92 bits per heavy atom. The van der Waals surface area contributed by atoms with E-state index in [0.29, 0.717) is 0 Å². The molecule has 1 aliphatic rings. The van der Waals surface area contributed by atoms with E-state index in [1.54, 1.807) is 24.3 Å². The van der Waals surface area contributed by atoms with Crippen molar-refractivity contribution in [2.45, 2.75) is 19.5 Å². The summed E-state index contributed by atoms with van der Waals surface area (Å²) >= 11 is 0. The van der Waals surface area contributed by atoms with Crippen molar-refractivity contribution in [2.24, 2.45) is 0 Å². The van der Waals surface area contributed by atoms with Crippen LogP contribution in [0, 0.1) is 0 Å². The second kappa shape index (κ2) is 6.49. The topological polar surface area (TPSA) is 82.1 Å². The zero-order valence-electron chi connectivity index (χ0n) is 13.6. The van der Waals surface area contributed by atoms with Gasteiger partial charge in [-0.05, 0) is 29.8 Å². The Kier molecular flexibility index (Phi) is 4.03. The molecule has 126 valence electrons. The molecular weight excluding hydrogens is 316 g/mol. The molecule has 6 heteroatoms. The average molecular weight is 334 g/mol. The smallest absolute Gasteiger partial charge is 0.335 e. The lowest BCUT2D eigenvalue weighted by atomic mass is 10.1. The minimum atomic E-state index is -0.919. The Bertz CT molecular complexity index is 888. The van der Waals surface area contributed by atoms with Crippen LogP contribution in [-0.2, 0) is 19.5 Å². The highest BCUT2D eigenvalue weighted by molar-refractivity contribution is 5.88. The molecule has 0 unspecified atom stereocenters. The van der Waals surface area contributed by atoms with Crippen molar-refractivity contribution < 1.29 is 9.90 Å². The van der Waals surface area contributed by atoms with Gasteiger partial charge in [0.05, 0.1) is 17.0 Å². The Morgan fingerprint density at radius 3 is 2.64 bits per heavy atom. The molecule has 0 bridgehead atoms. The monoisotopic (exact) mass is 334 g/mol. The van der Waals surface area contributed by atoms with Gasteiger partial charge in [-0.1, -0.05) is 12.1 Å². The molecule has 0 aliphatic carbocycles. The first-order valence-corrected chi connectivity index (χ1v) is 8.22. The van der Waals surface area contributed by atoms with Crippen LogP contribution < -0.4 is 0 Å². The molecule has 0 radical (unpaired) electrons. The molecule has 3 aromatic rings. The van der Waals surface area contributed by atoms with Crippen LogP contribution in [0.4, 0.5) is 0 Å². The third-order valence-electron chi connectivity index (χ3n) is 4.47. The highest BCUT2D eigenvalue weighted by Crippen LogP contribution is 2.24. The van der Waals surface area contributed by atoms with Crippen LogP contribution in [0.1, 0.15) is 27.3 Å². The summed E-state index contributed by atoms with van der Waals surface area (Å²) in [6.45, 7) is 2.69. The zero-order chi connectivity index (χ0) is 17.2. The maximum Gasteiger partial charge on any atom is 0.335 e. The van der Waals surface area contributed by atoms with Gasteiger partial charge in [0.1, 0.15) is 5.82 Å². The number of carbonyl (C=O) groups is 1. The number of rotatable bonds is 4. The van der Waals surface area contributed by atoms with E-state index in [4.69, 9.17) is 10.1 Å². The molecule has 1 aromatic carbocycles. The van der Waals surface area contributed by atoms with E-state index >= 15 is 0 Å². The number of benzene rings is 1. The SMILES string of the molecule is O=C(O)c1ccc(-c2nc3c([nH]2)CN(Cc2ccncc2)CC3)cc1. The summed E-state index contributed by atoms with van der Waals surface area (Å²) in [5.41, 5.74) is 4.67. The van der Waals surface area contributed by atoms with Crippen LogP contribution in [0.3, 0.4) is 0 Å². The summed E-state index contributed by atoms with van der Waals surface area (Å²) in [5, 5.41) is 9.00. The second-order valence-corrected chi connectivity index (χ2v) is 6.21. The third kappa shape index (κ3) is 3.29. The van der Waals surface area contributed by atoms with E-state index in [9.17, 15) is 4.79 Å². The Morgan fingerprint density at radius 1 is 1.16 bits per heavy atom. The number of nitrogens with one attached hydrogen (secondary N) is 1. The van der Waals surface area contributed by atoms with Crippen molar-refractivity contribution in [1.29, 1.82) is 0 Å². The number of aromatic amines is 1. The van der Waals surface area contributed by atoms with Gasteiger partial charge in [-0.2, -0.15) is 0 Å². The molecular formula is C19H18N4O2. The first-order chi connectivity index (χ1) is 12.2. The number of imidazole rings is 1. The standard InChI is InChI=1S/C19H18N4O2/c24-19(25)15-3-1-14(2-4-15)18-21-16-7-10-23(12-17(16)22-18)11-13-5-8-20-9-6-13/h1-6,8-9H,7,10-12H2,(H,21,22)(H,24,25). The van der Waals surface area contributed by atoms with Crippen molar-refractivity contribution in [3.63, 3.8) is 0 Å². The zero-order valence-corrected chi connectivity index (χ0v) is 13.6. The van der Waals surface area contributed by atoms with Crippen LogP contribution >= 0.6 is 0 Å². The molecule has 3 heterocycles. The first kappa shape index (κ1) is 15.5. The van der Waals surface area contributed by atoms with E-state index in [0.717, 1.165) is 48.8 Å². The van der Waals surface area contributed by atoms with E-state index in [-0.39, 0.29) is 5.56 Å². The molecule has 2 N–H and O–H groups in total. The molecule has 0 amide bonds. The molecule has 0 spiro atoms. The van der Waals surface area contributed by atoms with E-state index in [1.807, 2.05) is 24.5 Å². The Balaban J connectivity index is 1.51. The minimum absolute atomic E-state index is 0.281. The highest BCUT2D eigenvalue weighted by Gasteiger charge is 2.20. The highest BCUT2D eigenvalue weighted by atomic mass is 16.4. The minimum Gasteiger partial charge on any atom is -0.478 e. The fourth-order valence-corrected chi connectivity index (χ4v) is 3.14. The molecule has 0 atom stereocenters. The number of aromatic nitrogens is 3. The number of H-pyrrole nitrogens is 1. The lowest BCUT2D eigenvalue weighted by Crippen LogP contribution is -2.30. The largest absolute Gasteiger partial charge is 0.478 e. The number of pyridine rings is 1. The number of fused-ring (bicyclic) bond motifs is 1. The summed E-state index contributed by atoms with van der Waals surface area (Å²) in [4.78, 5) is 25.5. The fourth-order valence-electron chi connectivity index (χ4n) is 3.14. The molecule has 4 rings (SSSR count). The summed E-state index contributed by atoms with van der Waals surface area (Å²) in [7, 11) is 0. The van der Waals surface area contributed by atoms with Crippen molar-refractivity contribution in [1.82, 2.24) is 19.9 Å². The van der Waals surface area contributed by atoms with Crippen LogP contribution in [-0.4, -0.2) is 37.5 Å². The van der Waals surface area contributed by atoms with Gasteiger partial charge in [0.2, 0.25) is 0 Å². The Hall–Kier alpha value is -2.99. The lowest BCUT2D eigenvalue weighted by molar-refractivity contribution is 0.0697. The van der Waals surface area contributed by atoms with Gasteiger partial charge in [0, 0.05) is 44.0 Å². The normalized spacial score (nSPS) is 14.2. The fraction of sp³-hybridized carbons (Fsp3) is 0.211. The van der Waals surface area contributed by atoms with Crippen molar-refractivity contribution in [2.75, 3.05) is 6.54 Å². The molecule has 0 fully saturated rings. The summed E-state index contributed by atoms with van der Waals surface area (Å²) < 4.78 is 0. The number of nitrogens with zero attached hydrogens (tertiary/aromatic N) is 3. The molecule has 6 nitrogen and oxygen atoms in total. The van der Waals surface area contributed by atoms with E-state index in [1.165, 1.54) is 5.56 Å². The molecule has 25 heavy (non-hydrogen) atoms. The van der Waals surface area contributed by atoms with Crippen molar-refractivity contribution in [3.05, 3.63) is 71.3 Å². The number of aromatic carboxylic acids is 1. The van der Waals surface area contributed by atoms with Gasteiger partial charge >= 0.3 is 5.97 Å². The molecule has 2 aromatic heterocycles. The number of hydrogen-bond acceptors (Lipinski definition) is 4. The van der Waals surface area contributed by atoms with Gasteiger partial charge in [0.25, 0.3) is 0 Å². The van der Waals surface area contributed by atoms with E-state index < -0.39 is 5.97 Å². The number of carboxylic acids is 1. The van der Waals surface area contributed by atoms with Gasteiger partial charge in [-0.3, -0.25) is 9.88 Å². The second-order valence-electron chi connectivity index (χ2n) is 6.21. The van der Waals surface area contributed by atoms with Crippen LogP contribution in [0.5, 0.6) is 0 Å². The van der Waals surface area contributed by atoms with Gasteiger partial charge < -0.3 is 10.1 Å². The maximum absolute atomic E-state index is 11.0. The third-order valence-corrected chi connectivity index (χ3v) is 4.47. The molecule has 0 saturated carbocycles.